The molecule has 2 fully saturated rings. The predicted octanol–water partition coefficient (Wildman–Crippen LogP) is 4.48. The lowest BCUT2D eigenvalue weighted by Gasteiger charge is -2.36. The van der Waals surface area contributed by atoms with E-state index in [0.717, 1.165) is 42.7 Å². The fraction of sp³-hybridized carbons (Fsp3) is 0.391. The minimum Gasteiger partial charge on any atom is -0.326 e. The van der Waals surface area contributed by atoms with Gasteiger partial charge in [0.1, 0.15) is 0 Å². The van der Waals surface area contributed by atoms with Gasteiger partial charge in [0.15, 0.2) is 0 Å². The number of urea groups is 1. The van der Waals surface area contributed by atoms with Crippen LogP contribution in [0.4, 0.5) is 16.2 Å². The van der Waals surface area contributed by atoms with Gasteiger partial charge in [-0.3, -0.25) is 9.69 Å². The summed E-state index contributed by atoms with van der Waals surface area (Å²) < 4.78 is 0. The highest BCUT2D eigenvalue weighted by Crippen LogP contribution is 2.31. The Morgan fingerprint density at radius 3 is 2.54 bits per heavy atom. The predicted molar refractivity (Wildman–Crippen MR) is 111 cm³/mol. The van der Waals surface area contributed by atoms with Crippen molar-refractivity contribution in [2.24, 2.45) is 5.92 Å². The van der Waals surface area contributed by atoms with Gasteiger partial charge in [0.25, 0.3) is 0 Å². The van der Waals surface area contributed by atoms with Crippen molar-refractivity contribution in [1.29, 1.82) is 0 Å². The fourth-order valence-corrected chi connectivity index (χ4v) is 3.89. The molecule has 1 saturated carbocycles. The molecule has 1 heterocycles. The Balaban J connectivity index is 1.48. The molecule has 5 heteroatoms. The van der Waals surface area contributed by atoms with Crippen molar-refractivity contribution in [3.8, 4) is 0 Å². The van der Waals surface area contributed by atoms with Gasteiger partial charge in [-0.2, -0.15) is 0 Å². The molecule has 0 radical (unpaired) electrons. The number of carbonyl (C=O) groups excluding carboxylic acids is 2. The second-order valence-corrected chi connectivity index (χ2v) is 8.02. The Morgan fingerprint density at radius 1 is 1.07 bits per heavy atom. The standard InChI is InChI=1S/C23H27N3O2/c1-16-11-17(2)13-18(12-16)15-25-9-4-10-26(23(25)28)21-6-3-5-20(14-21)24-22(27)19-7-8-19/h3,5-6,11-14,19H,4,7-10,15H2,1-2H3,(H,24,27). The Kier molecular flexibility index (Phi) is 5.07. The van der Waals surface area contributed by atoms with Crippen molar-refractivity contribution in [2.75, 3.05) is 23.3 Å². The van der Waals surface area contributed by atoms with Gasteiger partial charge >= 0.3 is 6.03 Å². The highest BCUT2D eigenvalue weighted by molar-refractivity contribution is 5.96. The second-order valence-electron chi connectivity index (χ2n) is 8.02. The number of benzene rings is 2. The first kappa shape index (κ1) is 18.5. The summed E-state index contributed by atoms with van der Waals surface area (Å²) in [4.78, 5) is 28.9. The Labute approximate surface area is 166 Å². The zero-order chi connectivity index (χ0) is 19.7. The molecule has 2 aliphatic rings. The third kappa shape index (κ3) is 4.19. The van der Waals surface area contributed by atoms with E-state index in [-0.39, 0.29) is 17.9 Å². The Hall–Kier alpha value is -2.82. The quantitative estimate of drug-likeness (QED) is 0.835. The summed E-state index contributed by atoms with van der Waals surface area (Å²) in [6.07, 6.45) is 2.88. The molecule has 2 aromatic rings. The van der Waals surface area contributed by atoms with E-state index in [1.165, 1.54) is 11.1 Å². The SMILES string of the molecule is Cc1cc(C)cc(CN2CCCN(c3cccc(NC(=O)C4CC4)c3)C2=O)c1. The number of carbonyl (C=O) groups is 2. The van der Waals surface area contributed by atoms with E-state index >= 15 is 0 Å². The number of nitrogens with one attached hydrogen (secondary N) is 1. The molecule has 0 aromatic heterocycles. The molecule has 0 unspecified atom stereocenters. The summed E-state index contributed by atoms with van der Waals surface area (Å²) in [5.74, 6) is 0.243. The summed E-state index contributed by atoms with van der Waals surface area (Å²) >= 11 is 0. The van der Waals surface area contributed by atoms with Crippen LogP contribution in [-0.4, -0.2) is 29.9 Å². The lowest BCUT2D eigenvalue weighted by atomic mass is 10.1. The van der Waals surface area contributed by atoms with E-state index in [9.17, 15) is 9.59 Å². The number of hydrogen-bond acceptors (Lipinski definition) is 2. The normalized spacial score (nSPS) is 17.0. The first-order chi connectivity index (χ1) is 13.5. The van der Waals surface area contributed by atoms with E-state index in [0.29, 0.717) is 13.1 Å². The summed E-state index contributed by atoms with van der Waals surface area (Å²) in [6, 6.07) is 14.1. The van der Waals surface area contributed by atoms with E-state index in [1.54, 1.807) is 0 Å². The molecule has 1 N–H and O–H groups in total. The van der Waals surface area contributed by atoms with Crippen LogP contribution in [0.15, 0.2) is 42.5 Å². The lowest BCUT2D eigenvalue weighted by Crippen LogP contribution is -2.49. The maximum Gasteiger partial charge on any atom is 0.324 e. The smallest absolute Gasteiger partial charge is 0.324 e. The molecule has 28 heavy (non-hydrogen) atoms. The van der Waals surface area contributed by atoms with Crippen LogP contribution in [0.3, 0.4) is 0 Å². The second kappa shape index (κ2) is 7.66. The maximum atomic E-state index is 13.1. The van der Waals surface area contributed by atoms with E-state index in [2.05, 4.69) is 37.4 Å². The minimum atomic E-state index is 0.0241. The number of rotatable bonds is 5. The number of nitrogens with zero attached hydrogens (tertiary/aromatic N) is 2. The van der Waals surface area contributed by atoms with Crippen LogP contribution in [0.1, 0.15) is 36.0 Å². The molecule has 0 bridgehead atoms. The van der Waals surface area contributed by atoms with E-state index in [4.69, 9.17) is 0 Å². The summed E-state index contributed by atoms with van der Waals surface area (Å²) in [5.41, 5.74) is 5.20. The largest absolute Gasteiger partial charge is 0.326 e. The average Bonchev–Trinajstić information content (AvgIpc) is 3.48. The van der Waals surface area contributed by atoms with Crippen LogP contribution >= 0.6 is 0 Å². The molecule has 0 spiro atoms. The van der Waals surface area contributed by atoms with Gasteiger partial charge in [-0.25, -0.2) is 4.79 Å². The van der Waals surface area contributed by atoms with Crippen LogP contribution in [0.5, 0.6) is 0 Å². The van der Waals surface area contributed by atoms with Crippen molar-refractivity contribution >= 4 is 23.3 Å². The molecule has 1 aliphatic heterocycles. The topological polar surface area (TPSA) is 52.6 Å². The average molecular weight is 377 g/mol. The minimum absolute atomic E-state index is 0.0241. The van der Waals surface area contributed by atoms with Crippen LogP contribution in [0.25, 0.3) is 0 Å². The van der Waals surface area contributed by atoms with Gasteiger partial charge < -0.3 is 10.2 Å². The van der Waals surface area contributed by atoms with Crippen molar-refractivity contribution in [2.45, 2.75) is 39.7 Å². The molecule has 4 rings (SSSR count). The Morgan fingerprint density at radius 2 is 1.82 bits per heavy atom. The van der Waals surface area contributed by atoms with Gasteiger partial charge in [-0.1, -0.05) is 35.4 Å². The molecule has 146 valence electrons. The molecule has 1 aliphatic carbocycles. The molecule has 3 amide bonds. The van der Waals surface area contributed by atoms with Crippen molar-refractivity contribution in [3.05, 3.63) is 59.2 Å². The molecule has 0 atom stereocenters. The van der Waals surface area contributed by atoms with Crippen LogP contribution in [-0.2, 0) is 11.3 Å². The molecule has 1 saturated heterocycles. The fourth-order valence-electron chi connectivity index (χ4n) is 3.89. The van der Waals surface area contributed by atoms with Gasteiger partial charge in [0, 0.05) is 36.9 Å². The zero-order valence-corrected chi connectivity index (χ0v) is 16.6. The molecule has 5 nitrogen and oxygen atoms in total. The van der Waals surface area contributed by atoms with Crippen LogP contribution < -0.4 is 10.2 Å². The van der Waals surface area contributed by atoms with E-state index in [1.807, 2.05) is 34.1 Å². The number of aryl methyl sites for hydroxylation is 2. The first-order valence-electron chi connectivity index (χ1n) is 10.0. The third-order valence-corrected chi connectivity index (χ3v) is 5.34. The van der Waals surface area contributed by atoms with Gasteiger partial charge in [0.2, 0.25) is 5.91 Å². The summed E-state index contributed by atoms with van der Waals surface area (Å²) in [7, 11) is 0. The maximum absolute atomic E-state index is 13.1. The van der Waals surface area contributed by atoms with Crippen molar-refractivity contribution in [1.82, 2.24) is 4.90 Å². The number of anilines is 2. The lowest BCUT2D eigenvalue weighted by molar-refractivity contribution is -0.117. The van der Waals surface area contributed by atoms with Crippen LogP contribution in [0.2, 0.25) is 0 Å². The Bertz CT molecular complexity index is 884. The van der Waals surface area contributed by atoms with Gasteiger partial charge in [-0.05, 0) is 56.9 Å². The molecular formula is C23H27N3O2. The monoisotopic (exact) mass is 377 g/mol. The summed E-state index contributed by atoms with van der Waals surface area (Å²) in [5, 5.41) is 2.97. The van der Waals surface area contributed by atoms with Crippen molar-refractivity contribution in [3.63, 3.8) is 0 Å². The highest BCUT2D eigenvalue weighted by atomic mass is 16.2. The first-order valence-corrected chi connectivity index (χ1v) is 10.0. The summed E-state index contributed by atoms with van der Waals surface area (Å²) in [6.45, 7) is 6.25. The zero-order valence-electron chi connectivity index (χ0n) is 16.6. The highest BCUT2D eigenvalue weighted by Gasteiger charge is 2.30. The van der Waals surface area contributed by atoms with Crippen molar-refractivity contribution < 1.29 is 9.59 Å². The van der Waals surface area contributed by atoms with Crippen LogP contribution in [0, 0.1) is 19.8 Å². The number of hydrogen-bond donors (Lipinski definition) is 1. The van der Waals surface area contributed by atoms with E-state index < -0.39 is 0 Å². The van der Waals surface area contributed by atoms with Gasteiger partial charge in [-0.15, -0.1) is 0 Å². The molecule has 2 aromatic carbocycles. The third-order valence-electron chi connectivity index (χ3n) is 5.34. The van der Waals surface area contributed by atoms with Gasteiger partial charge in [0.05, 0.1) is 0 Å². The number of amides is 3. The molecular weight excluding hydrogens is 350 g/mol.